The standard InChI is InChI=1S/C18H15ClN6O3/c1-11(20-22-18(26)15-8-3-4-9-16(15)19)17-12(2)24(23-21-17)13-6-5-7-14(10-13)25(27)28/h3-10H,1-2H3,(H,22,26)/b20-11+. The molecule has 3 aromatic rings. The third kappa shape index (κ3) is 3.89. The molecule has 0 atom stereocenters. The second-order valence-corrected chi connectivity index (χ2v) is 6.24. The molecule has 0 unspecified atom stereocenters. The maximum absolute atomic E-state index is 12.2. The summed E-state index contributed by atoms with van der Waals surface area (Å²) < 4.78 is 1.47. The van der Waals surface area contributed by atoms with Crippen molar-refractivity contribution < 1.29 is 9.72 Å². The topological polar surface area (TPSA) is 115 Å². The summed E-state index contributed by atoms with van der Waals surface area (Å²) in [5.41, 5.74) is 4.68. The Morgan fingerprint density at radius 3 is 2.71 bits per heavy atom. The van der Waals surface area contributed by atoms with Crippen LogP contribution in [-0.2, 0) is 0 Å². The van der Waals surface area contributed by atoms with E-state index in [1.165, 1.54) is 16.8 Å². The molecular weight excluding hydrogens is 384 g/mol. The van der Waals surface area contributed by atoms with Crippen LogP contribution in [0.4, 0.5) is 5.69 Å². The zero-order valence-electron chi connectivity index (χ0n) is 15.0. The first-order valence-corrected chi connectivity index (χ1v) is 8.53. The summed E-state index contributed by atoms with van der Waals surface area (Å²) >= 11 is 6.00. The molecule has 0 fully saturated rings. The Balaban J connectivity index is 1.84. The van der Waals surface area contributed by atoms with E-state index in [0.717, 1.165) is 0 Å². The minimum Gasteiger partial charge on any atom is -0.267 e. The molecule has 0 radical (unpaired) electrons. The summed E-state index contributed by atoms with van der Waals surface area (Å²) in [5.74, 6) is -0.450. The third-order valence-corrected chi connectivity index (χ3v) is 4.30. The molecule has 3 rings (SSSR count). The molecule has 28 heavy (non-hydrogen) atoms. The Morgan fingerprint density at radius 1 is 1.25 bits per heavy atom. The molecule has 2 aromatic carbocycles. The number of nitrogens with one attached hydrogen (secondary N) is 1. The van der Waals surface area contributed by atoms with Crippen LogP contribution < -0.4 is 5.43 Å². The molecule has 0 saturated heterocycles. The normalized spacial score (nSPS) is 11.3. The largest absolute Gasteiger partial charge is 0.272 e. The van der Waals surface area contributed by atoms with Gasteiger partial charge in [0.2, 0.25) is 0 Å². The van der Waals surface area contributed by atoms with Crippen LogP contribution in [0.5, 0.6) is 0 Å². The zero-order valence-corrected chi connectivity index (χ0v) is 15.7. The molecule has 142 valence electrons. The van der Waals surface area contributed by atoms with E-state index in [1.54, 1.807) is 50.2 Å². The minimum absolute atomic E-state index is 0.0497. The highest BCUT2D eigenvalue weighted by molar-refractivity contribution is 6.33. The lowest BCUT2D eigenvalue weighted by molar-refractivity contribution is -0.384. The molecule has 10 heteroatoms. The summed E-state index contributed by atoms with van der Waals surface area (Å²) in [6.45, 7) is 3.42. The van der Waals surface area contributed by atoms with E-state index in [2.05, 4.69) is 20.8 Å². The number of nitro benzene ring substituents is 1. The van der Waals surface area contributed by atoms with E-state index < -0.39 is 10.8 Å². The number of hydrogen-bond acceptors (Lipinski definition) is 6. The number of amides is 1. The first-order valence-electron chi connectivity index (χ1n) is 8.15. The first-order chi connectivity index (χ1) is 13.4. The third-order valence-electron chi connectivity index (χ3n) is 3.97. The number of halogens is 1. The number of hydrogen-bond donors (Lipinski definition) is 1. The second-order valence-electron chi connectivity index (χ2n) is 5.83. The number of nitro groups is 1. The van der Waals surface area contributed by atoms with Gasteiger partial charge in [0.05, 0.1) is 32.6 Å². The molecule has 0 aliphatic rings. The van der Waals surface area contributed by atoms with Crippen LogP contribution in [0.1, 0.15) is 28.7 Å². The summed E-state index contributed by atoms with van der Waals surface area (Å²) in [6.07, 6.45) is 0. The summed E-state index contributed by atoms with van der Waals surface area (Å²) in [5, 5.41) is 23.5. The Bertz CT molecular complexity index is 1090. The predicted octanol–water partition coefficient (Wildman–Crippen LogP) is 3.29. The fourth-order valence-electron chi connectivity index (χ4n) is 2.54. The van der Waals surface area contributed by atoms with Crippen molar-refractivity contribution in [3.05, 3.63) is 80.6 Å². The van der Waals surface area contributed by atoms with Crippen LogP contribution in [0.25, 0.3) is 5.69 Å². The van der Waals surface area contributed by atoms with E-state index in [9.17, 15) is 14.9 Å². The first kappa shape index (κ1) is 19.2. The van der Waals surface area contributed by atoms with Gasteiger partial charge in [0.25, 0.3) is 11.6 Å². The van der Waals surface area contributed by atoms with E-state index in [1.807, 2.05) is 0 Å². The second kappa shape index (κ2) is 7.97. The monoisotopic (exact) mass is 398 g/mol. The van der Waals surface area contributed by atoms with Crippen LogP contribution in [0.2, 0.25) is 5.02 Å². The smallest absolute Gasteiger partial charge is 0.267 e. The van der Waals surface area contributed by atoms with Crippen molar-refractivity contribution in [2.75, 3.05) is 0 Å². The van der Waals surface area contributed by atoms with Gasteiger partial charge in [-0.1, -0.05) is 35.0 Å². The highest BCUT2D eigenvalue weighted by atomic mass is 35.5. The fourth-order valence-corrected chi connectivity index (χ4v) is 2.76. The minimum atomic E-state index is -0.479. The molecule has 0 bridgehead atoms. The van der Waals surface area contributed by atoms with E-state index in [-0.39, 0.29) is 5.69 Å². The predicted molar refractivity (Wildman–Crippen MR) is 104 cm³/mol. The van der Waals surface area contributed by atoms with E-state index >= 15 is 0 Å². The van der Waals surface area contributed by atoms with Gasteiger partial charge in [-0.25, -0.2) is 10.1 Å². The number of non-ortho nitro benzene ring substituents is 1. The number of carbonyl (C=O) groups is 1. The lowest BCUT2D eigenvalue weighted by Crippen LogP contribution is -2.20. The van der Waals surface area contributed by atoms with Crippen molar-refractivity contribution in [3.63, 3.8) is 0 Å². The number of benzene rings is 2. The molecule has 0 aliphatic heterocycles. The quantitative estimate of drug-likeness (QED) is 0.402. The lowest BCUT2D eigenvalue weighted by Gasteiger charge is -2.05. The molecule has 1 N–H and O–H groups in total. The Labute approximate surface area is 164 Å². The molecule has 0 saturated carbocycles. The van der Waals surface area contributed by atoms with Crippen LogP contribution in [0, 0.1) is 17.0 Å². The number of hydrazone groups is 1. The lowest BCUT2D eigenvalue weighted by atomic mass is 10.2. The highest BCUT2D eigenvalue weighted by Crippen LogP contribution is 2.19. The van der Waals surface area contributed by atoms with Crippen molar-refractivity contribution in [3.8, 4) is 5.69 Å². The van der Waals surface area contributed by atoms with E-state index in [0.29, 0.717) is 33.4 Å². The van der Waals surface area contributed by atoms with Gasteiger partial charge >= 0.3 is 0 Å². The average molecular weight is 399 g/mol. The van der Waals surface area contributed by atoms with Crippen molar-refractivity contribution in [1.29, 1.82) is 0 Å². The van der Waals surface area contributed by atoms with Gasteiger partial charge in [0.15, 0.2) is 0 Å². The van der Waals surface area contributed by atoms with Crippen molar-refractivity contribution in [2.45, 2.75) is 13.8 Å². The summed E-state index contributed by atoms with van der Waals surface area (Å²) in [4.78, 5) is 22.7. The molecule has 1 aromatic heterocycles. The van der Waals surface area contributed by atoms with Gasteiger partial charge in [-0.2, -0.15) is 5.10 Å². The van der Waals surface area contributed by atoms with Gasteiger partial charge in [-0.15, -0.1) is 5.10 Å². The summed E-state index contributed by atoms with van der Waals surface area (Å²) in [7, 11) is 0. The van der Waals surface area contributed by atoms with E-state index in [4.69, 9.17) is 11.6 Å². The van der Waals surface area contributed by atoms with Crippen LogP contribution in [0.15, 0.2) is 53.6 Å². The maximum Gasteiger partial charge on any atom is 0.272 e. The van der Waals surface area contributed by atoms with Gasteiger partial charge in [-0.05, 0) is 32.0 Å². The Kier molecular flexibility index (Phi) is 5.46. The van der Waals surface area contributed by atoms with Crippen LogP contribution >= 0.6 is 11.6 Å². The van der Waals surface area contributed by atoms with Crippen molar-refractivity contribution in [2.24, 2.45) is 5.10 Å². The SMILES string of the molecule is C/C(=N\NC(=O)c1ccccc1Cl)c1nnn(-c2cccc([N+](=O)[O-])c2)c1C. The van der Waals surface area contributed by atoms with Gasteiger partial charge in [0, 0.05) is 12.1 Å². The van der Waals surface area contributed by atoms with Gasteiger partial charge in [-0.3, -0.25) is 14.9 Å². The highest BCUT2D eigenvalue weighted by Gasteiger charge is 2.16. The van der Waals surface area contributed by atoms with Crippen LogP contribution in [-0.4, -0.2) is 31.5 Å². The number of carbonyl (C=O) groups excluding carboxylic acids is 1. The zero-order chi connectivity index (χ0) is 20.3. The summed E-state index contributed by atoms with van der Waals surface area (Å²) in [6, 6.07) is 12.7. The molecule has 0 aliphatic carbocycles. The van der Waals surface area contributed by atoms with Gasteiger partial charge in [0.1, 0.15) is 5.69 Å². The average Bonchev–Trinajstić information content (AvgIpc) is 3.07. The number of nitrogens with zero attached hydrogens (tertiary/aromatic N) is 5. The number of aromatic nitrogens is 3. The molecule has 1 amide bonds. The molecule has 0 spiro atoms. The Morgan fingerprint density at radius 2 is 2.00 bits per heavy atom. The number of rotatable bonds is 5. The molecular formula is C18H15ClN6O3. The molecule has 1 heterocycles. The van der Waals surface area contributed by atoms with Crippen LogP contribution in [0.3, 0.4) is 0 Å². The Hall–Kier alpha value is -3.59. The molecule has 9 nitrogen and oxygen atoms in total. The fraction of sp³-hybridized carbons (Fsp3) is 0.111. The van der Waals surface area contributed by atoms with Crippen molar-refractivity contribution >= 4 is 28.9 Å². The van der Waals surface area contributed by atoms with Gasteiger partial charge < -0.3 is 0 Å². The van der Waals surface area contributed by atoms with Crippen molar-refractivity contribution in [1.82, 2.24) is 20.4 Å². The maximum atomic E-state index is 12.2.